The second kappa shape index (κ2) is 11.2. The lowest BCUT2D eigenvalue weighted by atomic mass is 9.78. The van der Waals surface area contributed by atoms with Gasteiger partial charge in [-0.25, -0.2) is 0 Å². The maximum atomic E-state index is 6.10. The van der Waals surface area contributed by atoms with Gasteiger partial charge in [0.1, 0.15) is 0 Å². The quantitative estimate of drug-likeness (QED) is 0.348. The second-order valence-electron chi connectivity index (χ2n) is 8.29. The Balaban J connectivity index is 0.00000312. The van der Waals surface area contributed by atoms with E-state index in [4.69, 9.17) is 9.73 Å². The number of nitrogens with one attached hydrogen (secondary N) is 2. The molecule has 0 amide bonds. The van der Waals surface area contributed by atoms with Gasteiger partial charge in [-0.3, -0.25) is 4.99 Å². The van der Waals surface area contributed by atoms with Gasteiger partial charge in [0.25, 0.3) is 0 Å². The van der Waals surface area contributed by atoms with Crippen molar-refractivity contribution < 1.29 is 4.74 Å². The zero-order valence-corrected chi connectivity index (χ0v) is 19.8. The lowest BCUT2D eigenvalue weighted by Gasteiger charge is -2.39. The molecule has 2 N–H and O–H groups in total. The molecule has 1 aliphatic carbocycles. The largest absolute Gasteiger partial charge is 0.377 e. The average molecular weight is 484 g/mol. The molecule has 0 radical (unpaired) electrons. The number of nitrogens with zero attached hydrogens (tertiary/aromatic N) is 1. The first-order chi connectivity index (χ1) is 11.4. The van der Waals surface area contributed by atoms with Crippen LogP contribution in [0.15, 0.2) is 4.99 Å². The van der Waals surface area contributed by atoms with Crippen LogP contribution in [0.1, 0.15) is 59.8 Å². The topological polar surface area (TPSA) is 45.7 Å². The number of halogens is 1. The molecule has 0 aromatic carbocycles. The highest BCUT2D eigenvalue weighted by Gasteiger charge is 2.35. The maximum absolute atomic E-state index is 6.10. The number of hydrogen-bond donors (Lipinski definition) is 2. The van der Waals surface area contributed by atoms with E-state index in [1.54, 1.807) is 0 Å². The Labute approximate surface area is 176 Å². The van der Waals surface area contributed by atoms with Crippen LogP contribution < -0.4 is 10.6 Å². The number of aliphatic imine (C=N–C) groups is 1. The summed E-state index contributed by atoms with van der Waals surface area (Å²) in [4.78, 5) is 4.92. The van der Waals surface area contributed by atoms with Crippen molar-refractivity contribution in [1.82, 2.24) is 10.6 Å². The first-order valence-corrected chi connectivity index (χ1v) is 10.9. The third-order valence-corrected chi connectivity index (χ3v) is 6.28. The summed E-state index contributed by atoms with van der Waals surface area (Å²) < 4.78 is 6.10. The van der Waals surface area contributed by atoms with Gasteiger partial charge in [-0.1, -0.05) is 20.8 Å². The minimum atomic E-state index is 0. The summed E-state index contributed by atoms with van der Waals surface area (Å²) in [5.41, 5.74) is 0.184. The molecule has 4 atom stereocenters. The fourth-order valence-corrected chi connectivity index (χ4v) is 4.79. The molecule has 2 aliphatic rings. The van der Waals surface area contributed by atoms with E-state index in [0.29, 0.717) is 18.1 Å². The van der Waals surface area contributed by atoms with Gasteiger partial charge in [0.15, 0.2) is 5.96 Å². The normalized spacial score (nSPS) is 30.7. The van der Waals surface area contributed by atoms with Crippen LogP contribution in [0.3, 0.4) is 0 Å². The van der Waals surface area contributed by atoms with Gasteiger partial charge in [-0.15, -0.1) is 24.0 Å². The predicted molar refractivity (Wildman–Crippen MR) is 121 cm³/mol. The number of hydrogen-bond acceptors (Lipinski definition) is 3. The molecule has 25 heavy (non-hydrogen) atoms. The minimum absolute atomic E-state index is 0. The van der Waals surface area contributed by atoms with E-state index >= 15 is 0 Å². The van der Waals surface area contributed by atoms with Crippen molar-refractivity contribution in [3.8, 4) is 0 Å². The Morgan fingerprint density at radius 2 is 2.00 bits per heavy atom. The van der Waals surface area contributed by atoms with Gasteiger partial charge in [0, 0.05) is 36.9 Å². The minimum Gasteiger partial charge on any atom is -0.377 e. The highest BCUT2D eigenvalue weighted by Crippen LogP contribution is 2.34. The lowest BCUT2D eigenvalue weighted by molar-refractivity contribution is -0.0823. The Kier molecular flexibility index (Phi) is 10.5. The summed E-state index contributed by atoms with van der Waals surface area (Å²) in [6.07, 6.45) is 8.75. The summed E-state index contributed by atoms with van der Waals surface area (Å²) in [5.74, 6) is 1.51. The van der Waals surface area contributed by atoms with Crippen LogP contribution in [0.2, 0.25) is 0 Å². The van der Waals surface area contributed by atoms with Crippen molar-refractivity contribution in [2.45, 2.75) is 77.2 Å². The summed E-state index contributed by atoms with van der Waals surface area (Å²) in [7, 11) is 0. The van der Waals surface area contributed by atoms with Gasteiger partial charge in [0.2, 0.25) is 0 Å². The average Bonchev–Trinajstić information content (AvgIpc) is 3.00. The van der Waals surface area contributed by atoms with Crippen molar-refractivity contribution in [2.75, 3.05) is 26.0 Å². The SMILES string of the molecule is CCNC(=NCC1CCCOC1C(C)(C)C)NC1CCC(SC)C1.I. The molecule has 4 unspecified atom stereocenters. The van der Waals surface area contributed by atoms with E-state index in [1.165, 1.54) is 25.7 Å². The van der Waals surface area contributed by atoms with E-state index in [2.05, 4.69) is 44.6 Å². The molecule has 0 bridgehead atoms. The van der Waals surface area contributed by atoms with E-state index in [-0.39, 0.29) is 29.4 Å². The van der Waals surface area contributed by atoms with Crippen molar-refractivity contribution in [3.05, 3.63) is 0 Å². The predicted octanol–water partition coefficient (Wildman–Crippen LogP) is 4.28. The van der Waals surface area contributed by atoms with Gasteiger partial charge < -0.3 is 15.4 Å². The van der Waals surface area contributed by atoms with Crippen molar-refractivity contribution >= 4 is 41.7 Å². The first kappa shape index (κ1) is 23.3. The number of ether oxygens (including phenoxy) is 1. The highest BCUT2D eigenvalue weighted by atomic mass is 127. The molecule has 148 valence electrons. The van der Waals surface area contributed by atoms with Gasteiger partial charge in [-0.05, 0) is 50.7 Å². The molecule has 0 aromatic heterocycles. The summed E-state index contributed by atoms with van der Waals surface area (Å²) in [6.45, 7) is 11.7. The Bertz CT molecular complexity index is 414. The van der Waals surface area contributed by atoms with Crippen molar-refractivity contribution in [1.29, 1.82) is 0 Å². The Hall–Kier alpha value is 0.310. The smallest absolute Gasteiger partial charge is 0.191 e. The zero-order chi connectivity index (χ0) is 17.6. The van der Waals surface area contributed by atoms with Gasteiger partial charge >= 0.3 is 0 Å². The molecule has 0 spiro atoms. The Morgan fingerprint density at radius 3 is 2.60 bits per heavy atom. The standard InChI is InChI=1S/C19H37N3OS.HI/c1-6-20-18(22-15-9-10-16(12-15)24-5)21-13-14-8-7-11-23-17(14)19(2,3)4;/h14-17H,6-13H2,1-5H3,(H2,20,21,22);1H. The summed E-state index contributed by atoms with van der Waals surface area (Å²) in [5, 5.41) is 7.89. The van der Waals surface area contributed by atoms with Crippen LogP contribution in [-0.2, 0) is 4.74 Å². The molecule has 1 saturated carbocycles. The molecule has 2 rings (SSSR count). The monoisotopic (exact) mass is 483 g/mol. The molecule has 1 saturated heterocycles. The number of rotatable bonds is 5. The van der Waals surface area contributed by atoms with Crippen LogP contribution in [-0.4, -0.2) is 49.3 Å². The van der Waals surface area contributed by atoms with Gasteiger partial charge in [-0.2, -0.15) is 11.8 Å². The molecule has 4 nitrogen and oxygen atoms in total. The molecular weight excluding hydrogens is 445 g/mol. The molecule has 1 aliphatic heterocycles. The van der Waals surface area contributed by atoms with Crippen LogP contribution in [0.4, 0.5) is 0 Å². The molecule has 0 aromatic rings. The van der Waals surface area contributed by atoms with E-state index in [0.717, 1.165) is 37.3 Å². The van der Waals surface area contributed by atoms with Crippen molar-refractivity contribution in [2.24, 2.45) is 16.3 Å². The summed E-state index contributed by atoms with van der Waals surface area (Å²) in [6, 6.07) is 0.571. The van der Waals surface area contributed by atoms with Gasteiger partial charge in [0.05, 0.1) is 6.10 Å². The van der Waals surface area contributed by atoms with E-state index < -0.39 is 0 Å². The highest BCUT2D eigenvalue weighted by molar-refractivity contribution is 14.0. The fourth-order valence-electron chi connectivity index (χ4n) is 3.99. The summed E-state index contributed by atoms with van der Waals surface area (Å²) >= 11 is 2.00. The molecule has 6 heteroatoms. The second-order valence-corrected chi connectivity index (χ2v) is 9.43. The fraction of sp³-hybridized carbons (Fsp3) is 0.947. The maximum Gasteiger partial charge on any atom is 0.191 e. The van der Waals surface area contributed by atoms with Crippen LogP contribution in [0.25, 0.3) is 0 Å². The Morgan fingerprint density at radius 1 is 1.24 bits per heavy atom. The number of thioether (sulfide) groups is 1. The van der Waals surface area contributed by atoms with E-state index in [9.17, 15) is 0 Å². The van der Waals surface area contributed by atoms with Crippen molar-refractivity contribution in [3.63, 3.8) is 0 Å². The molecular formula is C19H38IN3OS. The number of guanidine groups is 1. The van der Waals surface area contributed by atoms with E-state index in [1.807, 2.05) is 11.8 Å². The van der Waals surface area contributed by atoms with Crippen LogP contribution in [0, 0.1) is 11.3 Å². The zero-order valence-electron chi connectivity index (χ0n) is 16.6. The lowest BCUT2D eigenvalue weighted by Crippen LogP contribution is -2.44. The first-order valence-electron chi connectivity index (χ1n) is 9.63. The molecule has 2 fully saturated rings. The third-order valence-electron chi connectivity index (χ3n) is 5.19. The molecule has 1 heterocycles. The van der Waals surface area contributed by atoms with Crippen LogP contribution in [0.5, 0.6) is 0 Å². The third kappa shape index (κ3) is 7.45. The van der Waals surface area contributed by atoms with Crippen LogP contribution >= 0.6 is 35.7 Å².